The van der Waals surface area contributed by atoms with Crippen molar-refractivity contribution in [2.45, 2.75) is 39.7 Å². The maximum absolute atomic E-state index is 10.4. The Morgan fingerprint density at radius 2 is 2.10 bits per heavy atom. The van der Waals surface area contributed by atoms with E-state index in [0.29, 0.717) is 18.4 Å². The molecule has 2 heterocycles. The largest absolute Gasteiger partial charge is 0.388 e. The Morgan fingerprint density at radius 3 is 2.76 bits per heavy atom. The van der Waals surface area contributed by atoms with Gasteiger partial charge >= 0.3 is 0 Å². The molecule has 2 aromatic rings. The molecule has 2 rings (SSSR count). The van der Waals surface area contributed by atoms with E-state index in [0.717, 1.165) is 29.0 Å². The zero-order valence-corrected chi connectivity index (χ0v) is 13.9. The maximum Gasteiger partial charge on any atom is 0.226 e. The summed E-state index contributed by atoms with van der Waals surface area (Å²) in [6.45, 7) is 9.35. The van der Waals surface area contributed by atoms with E-state index in [-0.39, 0.29) is 0 Å². The Bertz CT molecular complexity index is 594. The van der Waals surface area contributed by atoms with Gasteiger partial charge in [-0.15, -0.1) is 11.3 Å². The van der Waals surface area contributed by atoms with Crippen molar-refractivity contribution < 1.29 is 5.11 Å². The lowest BCUT2D eigenvalue weighted by atomic mass is 9.94. The van der Waals surface area contributed by atoms with Gasteiger partial charge in [0, 0.05) is 13.1 Å². The van der Waals surface area contributed by atoms with Crippen molar-refractivity contribution in [1.82, 2.24) is 9.97 Å². The van der Waals surface area contributed by atoms with Gasteiger partial charge in [-0.05, 0) is 37.6 Å². The molecule has 0 aliphatic rings. The van der Waals surface area contributed by atoms with Crippen LogP contribution in [0.1, 0.15) is 34.1 Å². The Hall–Kier alpha value is -1.40. The molecule has 116 valence electrons. The molecule has 0 bridgehead atoms. The molecule has 2 aromatic heterocycles. The Morgan fingerprint density at radius 1 is 1.33 bits per heavy atom. The minimum Gasteiger partial charge on any atom is -0.388 e. The van der Waals surface area contributed by atoms with Crippen LogP contribution in [0.25, 0.3) is 10.2 Å². The molecule has 0 aromatic carbocycles. The highest BCUT2D eigenvalue weighted by Crippen LogP contribution is 2.27. The predicted octanol–water partition coefficient (Wildman–Crippen LogP) is 3.33. The van der Waals surface area contributed by atoms with E-state index in [9.17, 15) is 5.11 Å². The lowest BCUT2D eigenvalue weighted by Gasteiger charge is -2.26. The van der Waals surface area contributed by atoms with Crippen LogP contribution in [0, 0.1) is 5.92 Å². The van der Waals surface area contributed by atoms with Gasteiger partial charge in [-0.25, -0.2) is 4.98 Å². The maximum atomic E-state index is 10.4. The highest BCUT2D eigenvalue weighted by atomic mass is 32.1. The first-order valence-electron chi connectivity index (χ1n) is 7.36. The number of anilines is 2. The van der Waals surface area contributed by atoms with Crippen LogP contribution < -0.4 is 10.6 Å². The molecule has 0 spiro atoms. The topological polar surface area (TPSA) is 70.1 Å². The van der Waals surface area contributed by atoms with Crippen molar-refractivity contribution in [3.63, 3.8) is 0 Å². The van der Waals surface area contributed by atoms with E-state index in [1.807, 2.05) is 25.3 Å². The van der Waals surface area contributed by atoms with Crippen LogP contribution in [0.5, 0.6) is 0 Å². The zero-order valence-electron chi connectivity index (χ0n) is 13.1. The smallest absolute Gasteiger partial charge is 0.226 e. The van der Waals surface area contributed by atoms with Gasteiger partial charge in [0.15, 0.2) is 0 Å². The van der Waals surface area contributed by atoms with Gasteiger partial charge in [0.05, 0.1) is 11.0 Å². The molecule has 0 aliphatic carbocycles. The van der Waals surface area contributed by atoms with Crippen molar-refractivity contribution in [2.24, 2.45) is 5.92 Å². The van der Waals surface area contributed by atoms with Crippen molar-refractivity contribution in [3.8, 4) is 0 Å². The summed E-state index contributed by atoms with van der Waals surface area (Å²) >= 11 is 1.59. The number of rotatable bonds is 7. The molecule has 6 heteroatoms. The fourth-order valence-electron chi connectivity index (χ4n) is 2.45. The molecule has 3 N–H and O–H groups in total. The van der Waals surface area contributed by atoms with Gasteiger partial charge < -0.3 is 15.7 Å². The quantitative estimate of drug-likeness (QED) is 0.732. The standard InChI is InChI=1S/C15H24N4OS/c1-5-16-14-18-12(11-6-7-21-13(11)19-14)17-9-15(4,20)8-10(2)3/h6-7,10,20H,5,8-9H2,1-4H3,(H2,16,17,18,19). The average Bonchev–Trinajstić information content (AvgIpc) is 2.83. The lowest BCUT2D eigenvalue weighted by Crippen LogP contribution is -2.35. The number of aliphatic hydroxyl groups is 1. The molecule has 0 saturated carbocycles. The summed E-state index contributed by atoms with van der Waals surface area (Å²) in [4.78, 5) is 9.93. The van der Waals surface area contributed by atoms with Crippen LogP contribution in [0.3, 0.4) is 0 Å². The molecule has 21 heavy (non-hydrogen) atoms. The van der Waals surface area contributed by atoms with Gasteiger partial charge in [-0.1, -0.05) is 13.8 Å². The summed E-state index contributed by atoms with van der Waals surface area (Å²) in [7, 11) is 0. The first-order valence-corrected chi connectivity index (χ1v) is 8.24. The van der Waals surface area contributed by atoms with E-state index in [4.69, 9.17) is 0 Å². The molecule has 0 saturated heterocycles. The zero-order chi connectivity index (χ0) is 15.5. The Labute approximate surface area is 129 Å². The van der Waals surface area contributed by atoms with Gasteiger partial charge in [0.1, 0.15) is 10.6 Å². The molecule has 0 aliphatic heterocycles. The molecule has 1 unspecified atom stereocenters. The number of nitrogens with one attached hydrogen (secondary N) is 2. The van der Waals surface area contributed by atoms with E-state index < -0.39 is 5.60 Å². The monoisotopic (exact) mass is 308 g/mol. The van der Waals surface area contributed by atoms with E-state index >= 15 is 0 Å². The Kier molecular flexibility index (Phi) is 5.00. The summed E-state index contributed by atoms with van der Waals surface area (Å²) in [5.74, 6) is 1.85. The van der Waals surface area contributed by atoms with Crippen molar-refractivity contribution in [2.75, 3.05) is 23.7 Å². The summed E-state index contributed by atoms with van der Waals surface area (Å²) in [5.41, 5.74) is -0.750. The average molecular weight is 308 g/mol. The Balaban J connectivity index is 2.18. The summed E-state index contributed by atoms with van der Waals surface area (Å²) < 4.78 is 0. The second kappa shape index (κ2) is 6.58. The summed E-state index contributed by atoms with van der Waals surface area (Å²) in [6, 6.07) is 2.01. The highest BCUT2D eigenvalue weighted by Gasteiger charge is 2.22. The van der Waals surface area contributed by atoms with Crippen molar-refractivity contribution in [3.05, 3.63) is 11.4 Å². The molecule has 0 amide bonds. The van der Waals surface area contributed by atoms with Crippen LogP contribution >= 0.6 is 11.3 Å². The molecule has 5 nitrogen and oxygen atoms in total. The predicted molar refractivity (Wildman–Crippen MR) is 90.1 cm³/mol. The normalized spacial score (nSPS) is 14.4. The van der Waals surface area contributed by atoms with Crippen LogP contribution in [-0.2, 0) is 0 Å². The van der Waals surface area contributed by atoms with Crippen LogP contribution in [0.2, 0.25) is 0 Å². The summed E-state index contributed by atoms with van der Waals surface area (Å²) in [6.07, 6.45) is 0.748. The van der Waals surface area contributed by atoms with Crippen LogP contribution in [-0.4, -0.2) is 33.8 Å². The first kappa shape index (κ1) is 16.0. The fraction of sp³-hybridized carbons (Fsp3) is 0.600. The lowest BCUT2D eigenvalue weighted by molar-refractivity contribution is 0.0515. The number of thiophene rings is 1. The summed E-state index contributed by atoms with van der Waals surface area (Å²) in [5, 5.41) is 19.9. The fourth-order valence-corrected chi connectivity index (χ4v) is 3.22. The number of hydrogen-bond acceptors (Lipinski definition) is 6. The molecule has 0 radical (unpaired) electrons. The highest BCUT2D eigenvalue weighted by molar-refractivity contribution is 7.16. The first-order chi connectivity index (χ1) is 9.91. The number of aromatic nitrogens is 2. The van der Waals surface area contributed by atoms with Gasteiger partial charge in [0.25, 0.3) is 0 Å². The minimum atomic E-state index is -0.750. The second-order valence-corrected chi connectivity index (χ2v) is 6.91. The third kappa shape index (κ3) is 4.28. The van der Waals surface area contributed by atoms with Gasteiger partial charge in [-0.3, -0.25) is 0 Å². The minimum absolute atomic E-state index is 0.450. The second-order valence-electron chi connectivity index (χ2n) is 6.01. The molecular weight excluding hydrogens is 284 g/mol. The van der Waals surface area contributed by atoms with E-state index in [1.165, 1.54) is 0 Å². The number of nitrogens with zero attached hydrogens (tertiary/aromatic N) is 2. The molecular formula is C15H24N4OS. The van der Waals surface area contributed by atoms with E-state index in [1.54, 1.807) is 11.3 Å². The van der Waals surface area contributed by atoms with Crippen molar-refractivity contribution >= 4 is 33.3 Å². The SMILES string of the molecule is CCNc1nc(NCC(C)(O)CC(C)C)c2ccsc2n1. The number of hydrogen-bond donors (Lipinski definition) is 3. The van der Waals surface area contributed by atoms with Crippen LogP contribution in [0.15, 0.2) is 11.4 Å². The van der Waals surface area contributed by atoms with Gasteiger partial charge in [-0.2, -0.15) is 4.98 Å². The molecule has 0 fully saturated rings. The third-order valence-electron chi connectivity index (χ3n) is 3.14. The van der Waals surface area contributed by atoms with E-state index in [2.05, 4.69) is 34.4 Å². The molecule has 1 atom stereocenters. The van der Waals surface area contributed by atoms with Crippen LogP contribution in [0.4, 0.5) is 11.8 Å². The van der Waals surface area contributed by atoms with Gasteiger partial charge in [0.2, 0.25) is 5.95 Å². The van der Waals surface area contributed by atoms with Crippen molar-refractivity contribution in [1.29, 1.82) is 0 Å². The number of fused-ring (bicyclic) bond motifs is 1. The third-order valence-corrected chi connectivity index (χ3v) is 3.95.